The molecule has 2 aromatic rings. The van der Waals surface area contributed by atoms with Gasteiger partial charge in [0.1, 0.15) is 11.1 Å². The van der Waals surface area contributed by atoms with Crippen molar-refractivity contribution in [2.45, 2.75) is 19.9 Å². The minimum absolute atomic E-state index is 0.129. The molecule has 1 N–H and O–H groups in total. The lowest BCUT2D eigenvalue weighted by Crippen LogP contribution is -2.36. The van der Waals surface area contributed by atoms with E-state index < -0.39 is 5.97 Å². The van der Waals surface area contributed by atoms with Crippen LogP contribution in [0.2, 0.25) is 5.02 Å². The van der Waals surface area contributed by atoms with Gasteiger partial charge in [-0.2, -0.15) is 4.57 Å². The normalized spacial score (nSPS) is 10.9. The maximum Gasteiger partial charge on any atom is 0.309 e. The van der Waals surface area contributed by atoms with Crippen molar-refractivity contribution in [3.05, 3.63) is 28.2 Å². The molecular formula is C11H11ClNO2S+. The molecule has 0 saturated carbocycles. The maximum absolute atomic E-state index is 10.6. The molecule has 0 amide bonds. The maximum atomic E-state index is 10.6. The monoisotopic (exact) mass is 256 g/mol. The number of hydrogen-bond acceptors (Lipinski definition) is 2. The van der Waals surface area contributed by atoms with Gasteiger partial charge in [0.2, 0.25) is 10.5 Å². The molecule has 0 atom stereocenters. The van der Waals surface area contributed by atoms with Gasteiger partial charge in [-0.25, -0.2) is 0 Å². The molecule has 3 nitrogen and oxygen atoms in total. The van der Waals surface area contributed by atoms with Gasteiger partial charge in [-0.05, 0) is 12.1 Å². The SMILES string of the molecule is Cc1sc2ccc(Cl)cc2[n+]1CCC(=O)O. The second-order valence-electron chi connectivity index (χ2n) is 3.53. The summed E-state index contributed by atoms with van der Waals surface area (Å²) in [5.74, 6) is -0.784. The Morgan fingerprint density at radius 3 is 3.00 bits per heavy atom. The molecule has 0 aliphatic carbocycles. The number of carbonyl (C=O) groups is 1. The molecule has 1 aromatic carbocycles. The Bertz CT molecular complexity index is 550. The van der Waals surface area contributed by atoms with Crippen molar-refractivity contribution in [1.29, 1.82) is 0 Å². The third kappa shape index (κ3) is 2.18. The second-order valence-corrected chi connectivity index (χ2v) is 5.20. The number of aryl methyl sites for hydroxylation is 2. The molecule has 1 heterocycles. The molecule has 0 aliphatic heterocycles. The van der Waals surface area contributed by atoms with E-state index in [4.69, 9.17) is 16.7 Å². The molecule has 0 fully saturated rings. The largest absolute Gasteiger partial charge is 0.481 e. The fourth-order valence-electron chi connectivity index (χ4n) is 1.66. The van der Waals surface area contributed by atoms with Gasteiger partial charge in [0.15, 0.2) is 6.54 Å². The predicted molar refractivity (Wildman–Crippen MR) is 64.0 cm³/mol. The number of aromatic nitrogens is 1. The van der Waals surface area contributed by atoms with E-state index >= 15 is 0 Å². The molecule has 0 bridgehead atoms. The first-order valence-electron chi connectivity index (χ1n) is 4.88. The van der Waals surface area contributed by atoms with Crippen molar-refractivity contribution in [3.63, 3.8) is 0 Å². The Morgan fingerprint density at radius 1 is 1.56 bits per heavy atom. The first kappa shape index (κ1) is 11.4. The lowest BCUT2D eigenvalue weighted by atomic mass is 10.3. The van der Waals surface area contributed by atoms with E-state index in [9.17, 15) is 4.79 Å². The number of halogens is 1. The number of rotatable bonds is 3. The summed E-state index contributed by atoms with van der Waals surface area (Å²) in [5.41, 5.74) is 1.01. The summed E-state index contributed by atoms with van der Waals surface area (Å²) < 4.78 is 3.13. The van der Waals surface area contributed by atoms with Crippen LogP contribution in [0.5, 0.6) is 0 Å². The van der Waals surface area contributed by atoms with Crippen molar-refractivity contribution in [2.24, 2.45) is 0 Å². The molecule has 1 aromatic heterocycles. The number of fused-ring (bicyclic) bond motifs is 1. The highest BCUT2D eigenvalue weighted by Gasteiger charge is 2.18. The Morgan fingerprint density at radius 2 is 2.31 bits per heavy atom. The zero-order chi connectivity index (χ0) is 11.7. The Labute approximate surface area is 102 Å². The molecule has 0 aliphatic rings. The highest BCUT2D eigenvalue weighted by Crippen LogP contribution is 2.23. The van der Waals surface area contributed by atoms with Crippen LogP contribution in [0.1, 0.15) is 11.4 Å². The van der Waals surface area contributed by atoms with Gasteiger partial charge in [0.05, 0.1) is 0 Å². The minimum atomic E-state index is -0.784. The van der Waals surface area contributed by atoms with Crippen molar-refractivity contribution >= 4 is 39.1 Å². The van der Waals surface area contributed by atoms with Crippen LogP contribution in [0, 0.1) is 6.92 Å². The fraction of sp³-hybridized carbons (Fsp3) is 0.273. The zero-order valence-corrected chi connectivity index (χ0v) is 10.3. The molecule has 5 heteroatoms. The zero-order valence-electron chi connectivity index (χ0n) is 8.74. The Kier molecular flexibility index (Phi) is 3.12. The molecular weight excluding hydrogens is 246 g/mol. The van der Waals surface area contributed by atoms with E-state index in [2.05, 4.69) is 0 Å². The molecule has 0 saturated heterocycles. The summed E-state index contributed by atoms with van der Waals surface area (Å²) in [6, 6.07) is 5.69. The lowest BCUT2D eigenvalue weighted by Gasteiger charge is -1.94. The number of thiazole rings is 1. The average Bonchev–Trinajstić information content (AvgIpc) is 2.51. The van der Waals surface area contributed by atoms with Crippen molar-refractivity contribution < 1.29 is 14.5 Å². The molecule has 0 spiro atoms. The first-order valence-corrected chi connectivity index (χ1v) is 6.07. The number of aliphatic carboxylic acids is 1. The van der Waals surface area contributed by atoms with Gasteiger partial charge in [-0.15, -0.1) is 0 Å². The fourth-order valence-corrected chi connectivity index (χ4v) is 2.85. The number of benzene rings is 1. The topological polar surface area (TPSA) is 41.2 Å². The van der Waals surface area contributed by atoms with Crippen molar-refractivity contribution in [3.8, 4) is 0 Å². The predicted octanol–water partition coefficient (Wildman–Crippen LogP) is 2.63. The van der Waals surface area contributed by atoms with Gasteiger partial charge in [-0.1, -0.05) is 22.9 Å². The second kappa shape index (κ2) is 4.39. The van der Waals surface area contributed by atoms with Crippen LogP contribution in [-0.2, 0) is 11.3 Å². The Balaban J connectivity index is 2.45. The quantitative estimate of drug-likeness (QED) is 0.858. The van der Waals surface area contributed by atoms with Crippen LogP contribution in [-0.4, -0.2) is 11.1 Å². The summed E-state index contributed by atoms with van der Waals surface area (Å²) in [5, 5.41) is 10.5. The van der Waals surface area contributed by atoms with Crippen molar-refractivity contribution in [1.82, 2.24) is 0 Å². The smallest absolute Gasteiger partial charge is 0.309 e. The third-order valence-electron chi connectivity index (χ3n) is 2.40. The summed E-state index contributed by atoms with van der Waals surface area (Å²) in [6.45, 7) is 2.47. The molecule has 0 unspecified atom stereocenters. The van der Waals surface area contributed by atoms with Crippen LogP contribution in [0.25, 0.3) is 10.2 Å². The number of carboxylic acid groups (broad SMARTS) is 1. The summed E-state index contributed by atoms with van der Waals surface area (Å²) in [4.78, 5) is 10.6. The average molecular weight is 257 g/mol. The van der Waals surface area contributed by atoms with Gasteiger partial charge in [0.25, 0.3) is 0 Å². The van der Waals surface area contributed by atoms with E-state index in [1.165, 1.54) is 0 Å². The van der Waals surface area contributed by atoms with Gasteiger partial charge >= 0.3 is 5.97 Å². The van der Waals surface area contributed by atoms with E-state index in [-0.39, 0.29) is 6.42 Å². The van der Waals surface area contributed by atoms with Crippen molar-refractivity contribution in [2.75, 3.05) is 0 Å². The number of nitrogens with zero attached hydrogens (tertiary/aromatic N) is 1. The first-order chi connectivity index (χ1) is 7.58. The van der Waals surface area contributed by atoms with Gasteiger partial charge in [-0.3, -0.25) is 4.79 Å². The molecule has 84 valence electrons. The van der Waals surface area contributed by atoms with Crippen LogP contribution < -0.4 is 4.57 Å². The summed E-state index contributed by atoms with van der Waals surface area (Å²) in [6.07, 6.45) is 0.129. The van der Waals surface area contributed by atoms with Crippen LogP contribution in [0.4, 0.5) is 0 Å². The number of hydrogen-bond donors (Lipinski definition) is 1. The highest BCUT2D eigenvalue weighted by molar-refractivity contribution is 7.18. The van der Waals surface area contributed by atoms with Gasteiger partial charge in [0, 0.05) is 18.0 Å². The highest BCUT2D eigenvalue weighted by atomic mass is 35.5. The van der Waals surface area contributed by atoms with Crippen LogP contribution in [0.3, 0.4) is 0 Å². The standard InChI is InChI=1S/C11H10ClNO2S/c1-7-13(5-4-11(14)15)9-6-8(12)2-3-10(9)16-7/h2-3,6H,4-5H2,1H3/p+1. The van der Waals surface area contributed by atoms with Gasteiger partial charge < -0.3 is 5.11 Å². The van der Waals surface area contributed by atoms with Crippen LogP contribution in [0.15, 0.2) is 18.2 Å². The Hall–Kier alpha value is -1.13. The molecule has 2 rings (SSSR count). The third-order valence-corrected chi connectivity index (χ3v) is 3.71. The summed E-state index contributed by atoms with van der Waals surface area (Å²) >= 11 is 7.59. The van der Waals surface area contributed by atoms with E-state index in [1.807, 2.05) is 29.7 Å². The van der Waals surface area contributed by atoms with Crippen LogP contribution >= 0.6 is 22.9 Å². The lowest BCUT2D eigenvalue weighted by molar-refractivity contribution is -0.671. The molecule has 0 radical (unpaired) electrons. The molecule has 16 heavy (non-hydrogen) atoms. The number of carboxylic acids is 1. The van der Waals surface area contributed by atoms with E-state index in [1.54, 1.807) is 11.3 Å². The minimum Gasteiger partial charge on any atom is -0.481 e. The summed E-state index contributed by atoms with van der Waals surface area (Å²) in [7, 11) is 0. The van der Waals surface area contributed by atoms with E-state index in [0.717, 1.165) is 15.2 Å². The van der Waals surface area contributed by atoms with E-state index in [0.29, 0.717) is 11.6 Å².